The lowest BCUT2D eigenvalue weighted by molar-refractivity contribution is -0.137. The van der Waals surface area contributed by atoms with E-state index in [2.05, 4.69) is 9.97 Å². The molecule has 0 amide bonds. The lowest BCUT2D eigenvalue weighted by atomic mass is 10.1. The Morgan fingerprint density at radius 1 is 0.960 bits per heavy atom. The van der Waals surface area contributed by atoms with E-state index in [0.717, 1.165) is 6.26 Å². The molecule has 0 aliphatic carbocycles. The predicted molar refractivity (Wildman–Crippen MR) is 88.9 cm³/mol. The molecule has 0 bridgehead atoms. The smallest absolute Gasteiger partial charge is 0.265 e. The predicted octanol–water partition coefficient (Wildman–Crippen LogP) is 4.29. The summed E-state index contributed by atoms with van der Waals surface area (Å²) < 4.78 is 62.3. The van der Waals surface area contributed by atoms with E-state index in [0.29, 0.717) is 27.3 Å². The van der Waals surface area contributed by atoms with Crippen LogP contribution < -0.4 is 0 Å². The second kappa shape index (κ2) is 6.23. The molecule has 4 nitrogen and oxygen atoms in total. The van der Waals surface area contributed by atoms with Crippen LogP contribution in [-0.4, -0.2) is 24.6 Å². The Balaban J connectivity index is 2.16. The van der Waals surface area contributed by atoms with Crippen LogP contribution in [0.5, 0.6) is 0 Å². The fourth-order valence-electron chi connectivity index (χ4n) is 2.20. The molecule has 0 radical (unpaired) electrons. The van der Waals surface area contributed by atoms with Gasteiger partial charge in [-0.05, 0) is 29.8 Å². The van der Waals surface area contributed by atoms with Gasteiger partial charge in [-0.3, -0.25) is 4.98 Å². The molecule has 0 atom stereocenters. The highest BCUT2D eigenvalue weighted by Gasteiger charge is 2.36. The number of alkyl halides is 3. The monoisotopic (exact) mass is 384 g/mol. The van der Waals surface area contributed by atoms with Crippen molar-refractivity contribution < 1.29 is 21.6 Å². The summed E-state index contributed by atoms with van der Waals surface area (Å²) in [6.07, 6.45) is -0.548. The molecule has 3 aromatic rings. The minimum absolute atomic E-state index is 0.0993. The average Bonchev–Trinajstić information content (AvgIpc) is 3.00. The van der Waals surface area contributed by atoms with Crippen molar-refractivity contribution in [1.82, 2.24) is 9.97 Å². The third-order valence-electron chi connectivity index (χ3n) is 3.37. The first-order valence-electron chi connectivity index (χ1n) is 6.95. The Hall–Kier alpha value is -2.26. The zero-order valence-corrected chi connectivity index (χ0v) is 14.4. The summed E-state index contributed by atoms with van der Waals surface area (Å²) in [7, 11) is -3.38. The number of sulfone groups is 1. The lowest BCUT2D eigenvalue weighted by Gasteiger charge is -2.04. The molecule has 0 spiro atoms. The van der Waals surface area contributed by atoms with Gasteiger partial charge in [0.05, 0.1) is 15.5 Å². The van der Waals surface area contributed by atoms with E-state index in [9.17, 15) is 21.6 Å². The lowest BCUT2D eigenvalue weighted by Crippen LogP contribution is -2.03. The Kier molecular flexibility index (Phi) is 4.38. The van der Waals surface area contributed by atoms with Crippen LogP contribution in [-0.2, 0) is 16.0 Å². The van der Waals surface area contributed by atoms with Gasteiger partial charge in [-0.25, -0.2) is 13.4 Å². The van der Waals surface area contributed by atoms with Crippen molar-refractivity contribution in [2.24, 2.45) is 0 Å². The van der Waals surface area contributed by atoms with Gasteiger partial charge in [-0.15, -0.1) is 11.3 Å². The second-order valence-corrected chi connectivity index (χ2v) is 8.24. The molecule has 0 N–H and O–H groups in total. The first kappa shape index (κ1) is 17.6. The van der Waals surface area contributed by atoms with Crippen LogP contribution in [0, 0.1) is 0 Å². The molecule has 0 unspecified atom stereocenters. The zero-order chi connectivity index (χ0) is 18.2. The van der Waals surface area contributed by atoms with Crippen LogP contribution in [0.1, 0.15) is 5.01 Å². The van der Waals surface area contributed by atoms with Gasteiger partial charge in [0, 0.05) is 24.2 Å². The summed E-state index contributed by atoms with van der Waals surface area (Å²) >= 11 is 0.522. The first-order valence-corrected chi connectivity index (χ1v) is 9.66. The fourth-order valence-corrected chi connectivity index (χ4v) is 3.79. The molecule has 130 valence electrons. The molecule has 2 heterocycles. The van der Waals surface area contributed by atoms with Gasteiger partial charge in [-0.1, -0.05) is 12.1 Å². The summed E-state index contributed by atoms with van der Waals surface area (Å²) in [5.41, 5.74) is 1.16. The van der Waals surface area contributed by atoms with Gasteiger partial charge in [0.25, 0.3) is 0 Å². The van der Waals surface area contributed by atoms with Crippen molar-refractivity contribution in [2.75, 3.05) is 6.26 Å². The Labute approximate surface area is 145 Å². The third-order valence-corrected chi connectivity index (χ3v) is 5.65. The largest absolute Gasteiger partial charge is 0.443 e. The number of hydrogen-bond donors (Lipinski definition) is 0. The fraction of sp³-hybridized carbons (Fsp3) is 0.125. The number of hydrogen-bond acceptors (Lipinski definition) is 5. The van der Waals surface area contributed by atoms with Crippen LogP contribution in [0.3, 0.4) is 0 Å². The Bertz CT molecular complexity index is 996. The van der Waals surface area contributed by atoms with E-state index in [1.165, 1.54) is 36.7 Å². The molecule has 3 rings (SSSR count). The topological polar surface area (TPSA) is 59.9 Å². The number of thiazole rings is 1. The first-order chi connectivity index (χ1) is 11.7. The number of benzene rings is 1. The number of pyridine rings is 1. The van der Waals surface area contributed by atoms with Gasteiger partial charge in [0.1, 0.15) is 0 Å². The number of halogens is 3. The molecule has 0 aliphatic rings. The Morgan fingerprint density at radius 3 is 2.08 bits per heavy atom. The normalized spacial score (nSPS) is 12.3. The maximum Gasteiger partial charge on any atom is 0.443 e. The van der Waals surface area contributed by atoms with E-state index < -0.39 is 21.0 Å². The summed E-state index contributed by atoms with van der Waals surface area (Å²) in [5, 5.41) is -0.957. The maximum atomic E-state index is 13.1. The SMILES string of the molecule is CS(=O)(=O)c1ccc(-c2sc(C(F)(F)F)nc2-c2ccncc2)cc1. The highest BCUT2D eigenvalue weighted by atomic mass is 32.2. The third kappa shape index (κ3) is 3.72. The van der Waals surface area contributed by atoms with Crippen molar-refractivity contribution in [2.45, 2.75) is 11.1 Å². The van der Waals surface area contributed by atoms with Crippen LogP contribution in [0.25, 0.3) is 21.7 Å². The Morgan fingerprint density at radius 2 is 1.56 bits per heavy atom. The van der Waals surface area contributed by atoms with E-state index >= 15 is 0 Å². The van der Waals surface area contributed by atoms with Crippen LogP contribution in [0.4, 0.5) is 13.2 Å². The molecule has 1 aromatic carbocycles. The molecule has 9 heteroatoms. The van der Waals surface area contributed by atoms with Crippen molar-refractivity contribution in [1.29, 1.82) is 0 Å². The molecule has 0 fully saturated rings. The highest BCUT2D eigenvalue weighted by Crippen LogP contribution is 2.42. The summed E-state index contributed by atoms with van der Waals surface area (Å²) in [6, 6.07) is 8.85. The average molecular weight is 384 g/mol. The van der Waals surface area contributed by atoms with E-state index in [4.69, 9.17) is 0 Å². The summed E-state index contributed by atoms with van der Waals surface area (Å²) in [5.74, 6) is 0. The van der Waals surface area contributed by atoms with E-state index in [-0.39, 0.29) is 10.6 Å². The second-order valence-electron chi connectivity index (χ2n) is 5.23. The molecule has 25 heavy (non-hydrogen) atoms. The maximum absolute atomic E-state index is 13.1. The van der Waals surface area contributed by atoms with E-state index in [1.54, 1.807) is 12.1 Å². The number of aromatic nitrogens is 2. The van der Waals surface area contributed by atoms with Gasteiger partial charge in [0.2, 0.25) is 0 Å². The molecule has 0 aliphatic heterocycles. The van der Waals surface area contributed by atoms with Crippen molar-refractivity contribution >= 4 is 21.2 Å². The summed E-state index contributed by atoms with van der Waals surface area (Å²) in [6.45, 7) is 0. The minimum Gasteiger partial charge on any atom is -0.265 e. The highest BCUT2D eigenvalue weighted by molar-refractivity contribution is 7.90. The molecular weight excluding hydrogens is 373 g/mol. The molecule has 0 saturated carbocycles. The minimum atomic E-state index is -4.56. The quantitative estimate of drug-likeness (QED) is 0.676. The standard InChI is InChI=1S/C16H11F3N2O2S2/c1-25(22,23)12-4-2-11(3-5-12)14-13(10-6-8-20-9-7-10)21-15(24-14)16(17,18)19/h2-9H,1H3. The van der Waals surface area contributed by atoms with Crippen molar-refractivity contribution in [3.05, 3.63) is 53.8 Å². The van der Waals surface area contributed by atoms with E-state index in [1.807, 2.05) is 0 Å². The number of nitrogens with zero attached hydrogens (tertiary/aromatic N) is 2. The zero-order valence-electron chi connectivity index (χ0n) is 12.8. The van der Waals surface area contributed by atoms with Crippen molar-refractivity contribution in [3.63, 3.8) is 0 Å². The number of rotatable bonds is 3. The van der Waals surface area contributed by atoms with Gasteiger partial charge >= 0.3 is 6.18 Å². The van der Waals surface area contributed by atoms with Crippen molar-refractivity contribution in [3.8, 4) is 21.7 Å². The molecular formula is C16H11F3N2O2S2. The van der Waals surface area contributed by atoms with Crippen LogP contribution >= 0.6 is 11.3 Å². The molecule has 0 saturated heterocycles. The van der Waals surface area contributed by atoms with Crippen LogP contribution in [0.15, 0.2) is 53.7 Å². The summed E-state index contributed by atoms with van der Waals surface area (Å²) in [4.78, 5) is 8.02. The van der Waals surface area contributed by atoms with Gasteiger partial charge < -0.3 is 0 Å². The van der Waals surface area contributed by atoms with Gasteiger partial charge in [0.15, 0.2) is 14.8 Å². The van der Waals surface area contributed by atoms with Gasteiger partial charge in [-0.2, -0.15) is 13.2 Å². The molecule has 2 aromatic heterocycles. The van der Waals surface area contributed by atoms with Crippen LogP contribution in [0.2, 0.25) is 0 Å².